The first kappa shape index (κ1) is 21.7. The molecule has 0 spiro atoms. The number of aromatic nitrogens is 3. The zero-order valence-electron chi connectivity index (χ0n) is 20.1. The van der Waals surface area contributed by atoms with E-state index in [1.165, 1.54) is 5.69 Å². The number of hydrogen-bond acceptors (Lipinski definition) is 4. The molecule has 1 aromatic carbocycles. The summed E-state index contributed by atoms with van der Waals surface area (Å²) in [6.07, 6.45) is 4.07. The summed E-state index contributed by atoms with van der Waals surface area (Å²) in [6.45, 7) is 12.1. The minimum Gasteiger partial charge on any atom is -0.364 e. The highest BCUT2D eigenvalue weighted by Gasteiger charge is 2.27. The number of fused-ring (bicyclic) bond motifs is 1. The number of likely N-dealkylation sites (tertiary alicyclic amines) is 1. The number of rotatable bonds is 4. The van der Waals surface area contributed by atoms with E-state index in [1.54, 1.807) is 0 Å². The smallest absolute Gasteiger partial charge is 0.254 e. The van der Waals surface area contributed by atoms with E-state index >= 15 is 0 Å². The molecular formula is C27H33N5O. The monoisotopic (exact) mass is 443 g/mol. The molecule has 0 aliphatic carbocycles. The largest absolute Gasteiger partial charge is 0.364 e. The van der Waals surface area contributed by atoms with Gasteiger partial charge in [-0.1, -0.05) is 13.8 Å². The lowest BCUT2D eigenvalue weighted by Crippen LogP contribution is -2.34. The number of imidazole rings is 1. The Bertz CT molecular complexity index is 1160. The van der Waals surface area contributed by atoms with Crippen LogP contribution in [0.15, 0.2) is 42.6 Å². The van der Waals surface area contributed by atoms with Crippen molar-refractivity contribution in [2.45, 2.75) is 65.6 Å². The topological polar surface area (TPSA) is 54.3 Å². The molecule has 1 saturated heterocycles. The molecule has 1 atom stereocenters. The summed E-state index contributed by atoms with van der Waals surface area (Å²) in [5.41, 5.74) is 6.43. The van der Waals surface area contributed by atoms with Crippen molar-refractivity contribution in [2.75, 3.05) is 18.0 Å². The summed E-state index contributed by atoms with van der Waals surface area (Å²) in [6, 6.07) is 12.6. The van der Waals surface area contributed by atoms with Crippen molar-refractivity contribution in [1.82, 2.24) is 19.4 Å². The molecule has 4 heterocycles. The highest BCUT2D eigenvalue weighted by atomic mass is 16.2. The average molecular weight is 444 g/mol. The first-order valence-corrected chi connectivity index (χ1v) is 12.1. The summed E-state index contributed by atoms with van der Waals surface area (Å²) in [4.78, 5) is 26.9. The second-order valence-corrected chi connectivity index (χ2v) is 9.66. The predicted molar refractivity (Wildman–Crippen MR) is 132 cm³/mol. The number of aryl methyl sites for hydroxylation is 1. The molecule has 2 aliphatic rings. The van der Waals surface area contributed by atoms with E-state index in [-0.39, 0.29) is 5.91 Å². The van der Waals surface area contributed by atoms with Gasteiger partial charge in [0.2, 0.25) is 0 Å². The molecule has 0 N–H and O–H groups in total. The molecule has 1 fully saturated rings. The van der Waals surface area contributed by atoms with Crippen LogP contribution in [-0.2, 0) is 13.1 Å². The van der Waals surface area contributed by atoms with E-state index in [9.17, 15) is 4.79 Å². The quantitative estimate of drug-likeness (QED) is 0.568. The number of hydrogen-bond donors (Lipinski definition) is 0. The van der Waals surface area contributed by atoms with Crippen molar-refractivity contribution < 1.29 is 4.79 Å². The number of carbonyl (C=O) groups is 1. The highest BCUT2D eigenvalue weighted by molar-refractivity contribution is 5.95. The van der Waals surface area contributed by atoms with E-state index in [1.807, 2.05) is 29.3 Å². The van der Waals surface area contributed by atoms with E-state index in [0.29, 0.717) is 12.0 Å². The third-order valence-corrected chi connectivity index (χ3v) is 7.13. The summed E-state index contributed by atoms with van der Waals surface area (Å²) >= 11 is 0. The normalized spacial score (nSPS) is 18.2. The van der Waals surface area contributed by atoms with Crippen LogP contribution in [0.5, 0.6) is 0 Å². The number of nitrogens with zero attached hydrogens (tertiary/aromatic N) is 5. The fraction of sp³-hybridized carbons (Fsp3) is 0.444. The maximum absolute atomic E-state index is 12.9. The minimum atomic E-state index is 0.152. The Morgan fingerprint density at radius 2 is 1.88 bits per heavy atom. The molecule has 1 amide bonds. The maximum Gasteiger partial charge on any atom is 0.254 e. The highest BCUT2D eigenvalue weighted by Crippen LogP contribution is 2.33. The second kappa shape index (κ2) is 8.65. The summed E-state index contributed by atoms with van der Waals surface area (Å²) in [7, 11) is 0. The molecule has 0 radical (unpaired) electrons. The van der Waals surface area contributed by atoms with E-state index in [0.717, 1.165) is 73.0 Å². The van der Waals surface area contributed by atoms with Crippen molar-refractivity contribution in [1.29, 1.82) is 0 Å². The van der Waals surface area contributed by atoms with Crippen LogP contribution in [0.4, 0.5) is 5.69 Å². The second-order valence-electron chi connectivity index (χ2n) is 9.66. The number of carbonyl (C=O) groups excluding carboxylic acids is 1. The van der Waals surface area contributed by atoms with Crippen LogP contribution in [0, 0.1) is 6.92 Å². The van der Waals surface area contributed by atoms with Crippen molar-refractivity contribution in [2.24, 2.45) is 0 Å². The molecule has 172 valence electrons. The lowest BCUT2D eigenvalue weighted by atomic mass is 10.00. The lowest BCUT2D eigenvalue weighted by molar-refractivity contribution is 0.0747. The molecule has 2 aliphatic heterocycles. The molecule has 6 heteroatoms. The van der Waals surface area contributed by atoms with Gasteiger partial charge in [0.25, 0.3) is 5.91 Å². The fourth-order valence-electron chi connectivity index (χ4n) is 5.28. The van der Waals surface area contributed by atoms with Gasteiger partial charge in [0.1, 0.15) is 5.82 Å². The number of pyridine rings is 1. The Morgan fingerprint density at radius 1 is 1.09 bits per heavy atom. The van der Waals surface area contributed by atoms with Gasteiger partial charge in [-0.05, 0) is 69.0 Å². The number of anilines is 1. The molecule has 3 aromatic rings. The maximum atomic E-state index is 12.9. The summed E-state index contributed by atoms with van der Waals surface area (Å²) in [5.74, 6) is 1.54. The van der Waals surface area contributed by atoms with Gasteiger partial charge >= 0.3 is 0 Å². The van der Waals surface area contributed by atoms with Crippen LogP contribution in [-0.4, -0.2) is 44.5 Å². The Hall–Kier alpha value is -3.15. The third-order valence-electron chi connectivity index (χ3n) is 7.13. The Morgan fingerprint density at radius 3 is 2.58 bits per heavy atom. The number of benzene rings is 1. The molecule has 5 rings (SSSR count). The van der Waals surface area contributed by atoms with Gasteiger partial charge in [-0.15, -0.1) is 0 Å². The number of amides is 1. The molecule has 1 unspecified atom stereocenters. The molecule has 6 nitrogen and oxygen atoms in total. The van der Waals surface area contributed by atoms with E-state index in [2.05, 4.69) is 60.3 Å². The van der Waals surface area contributed by atoms with Gasteiger partial charge in [-0.25, -0.2) is 4.98 Å². The van der Waals surface area contributed by atoms with Gasteiger partial charge in [-0.2, -0.15) is 0 Å². The molecule has 33 heavy (non-hydrogen) atoms. The molecular weight excluding hydrogens is 410 g/mol. The zero-order chi connectivity index (χ0) is 23.1. The van der Waals surface area contributed by atoms with Gasteiger partial charge in [-0.3, -0.25) is 9.78 Å². The van der Waals surface area contributed by atoms with Gasteiger partial charge in [0.15, 0.2) is 0 Å². The average Bonchev–Trinajstić information content (AvgIpc) is 3.41. The molecule has 2 aromatic heterocycles. The minimum absolute atomic E-state index is 0.152. The molecule has 0 saturated carbocycles. The summed E-state index contributed by atoms with van der Waals surface area (Å²) < 4.78 is 2.34. The van der Waals surface area contributed by atoms with Crippen LogP contribution in [0.2, 0.25) is 0 Å². The van der Waals surface area contributed by atoms with E-state index < -0.39 is 0 Å². The summed E-state index contributed by atoms with van der Waals surface area (Å²) in [5, 5.41) is 0. The van der Waals surface area contributed by atoms with Gasteiger partial charge in [0, 0.05) is 48.7 Å². The first-order chi connectivity index (χ1) is 15.9. The van der Waals surface area contributed by atoms with Gasteiger partial charge in [0.05, 0.1) is 23.6 Å². The van der Waals surface area contributed by atoms with Gasteiger partial charge < -0.3 is 14.4 Å². The Balaban J connectivity index is 1.41. The zero-order valence-corrected chi connectivity index (χ0v) is 20.1. The van der Waals surface area contributed by atoms with Crippen molar-refractivity contribution >= 4 is 11.6 Å². The van der Waals surface area contributed by atoms with Crippen molar-refractivity contribution in [3.05, 3.63) is 65.4 Å². The van der Waals surface area contributed by atoms with Crippen LogP contribution < -0.4 is 4.90 Å². The first-order valence-electron chi connectivity index (χ1n) is 12.1. The third kappa shape index (κ3) is 3.92. The van der Waals surface area contributed by atoms with Crippen LogP contribution in [0.1, 0.15) is 67.1 Å². The predicted octanol–water partition coefficient (Wildman–Crippen LogP) is 5.02. The van der Waals surface area contributed by atoms with E-state index in [4.69, 9.17) is 4.98 Å². The Labute approximate surface area is 196 Å². The fourth-order valence-corrected chi connectivity index (χ4v) is 5.28. The molecule has 0 bridgehead atoms. The van der Waals surface area contributed by atoms with Crippen LogP contribution >= 0.6 is 0 Å². The van der Waals surface area contributed by atoms with Crippen molar-refractivity contribution in [3.63, 3.8) is 0 Å². The lowest BCUT2D eigenvalue weighted by Gasteiger charge is -2.31. The SMILES string of the molecule is Cc1nc(-c2cccnc2C(C)C)c2n1CCN(c1ccc(C(=O)N3CCCC3C)cc1)C2. The van der Waals surface area contributed by atoms with Crippen LogP contribution in [0.3, 0.4) is 0 Å². The standard InChI is InChI=1S/C27H33N5O/c1-18(2)25-23(8-5-13-28-25)26-24-17-30(15-16-32(24)20(4)29-26)22-11-9-21(10-12-22)27(33)31-14-6-7-19(31)3/h5,8-13,18-19H,6-7,14-17H2,1-4H3. The Kier molecular flexibility index (Phi) is 5.69. The van der Waals surface area contributed by atoms with Crippen molar-refractivity contribution in [3.8, 4) is 11.3 Å². The van der Waals surface area contributed by atoms with Crippen LogP contribution in [0.25, 0.3) is 11.3 Å².